The molecule has 0 amide bonds. The van der Waals surface area contributed by atoms with Crippen molar-refractivity contribution in [2.45, 2.75) is 39.3 Å². The molecule has 2 N–H and O–H groups in total. The van der Waals surface area contributed by atoms with Crippen LogP contribution in [0.4, 0.5) is 0 Å². The van der Waals surface area contributed by atoms with Crippen LogP contribution in [-0.2, 0) is 4.74 Å². The topological polar surface area (TPSA) is 52.1 Å². The Morgan fingerprint density at radius 3 is 2.41 bits per heavy atom. The molecule has 2 unspecified atom stereocenters. The lowest BCUT2D eigenvalue weighted by atomic mass is 10.1. The van der Waals surface area contributed by atoms with Gasteiger partial charge in [-0.2, -0.15) is 0 Å². The second kappa shape index (κ2) is 15.0. The zero-order chi connectivity index (χ0) is 20.2. The molecule has 6 nitrogen and oxygen atoms in total. The molecule has 1 aliphatic rings. The Labute approximate surface area is 194 Å². The minimum absolute atomic E-state index is 0. The van der Waals surface area contributed by atoms with Crippen molar-refractivity contribution < 1.29 is 4.74 Å². The molecule has 166 valence electrons. The molecule has 7 heteroatoms. The first kappa shape index (κ1) is 26.1. The van der Waals surface area contributed by atoms with Crippen LogP contribution in [0.3, 0.4) is 0 Å². The number of hydrogen-bond acceptors (Lipinski definition) is 4. The average molecular weight is 518 g/mol. The predicted molar refractivity (Wildman–Crippen MR) is 133 cm³/mol. The molecule has 2 atom stereocenters. The van der Waals surface area contributed by atoms with Crippen molar-refractivity contribution in [3.63, 3.8) is 0 Å². The van der Waals surface area contributed by atoms with Crippen LogP contribution < -0.4 is 10.6 Å². The highest BCUT2D eigenvalue weighted by molar-refractivity contribution is 14.0. The van der Waals surface area contributed by atoms with E-state index in [-0.39, 0.29) is 30.1 Å². The highest BCUT2D eigenvalue weighted by Crippen LogP contribution is 2.15. The van der Waals surface area contributed by atoms with Gasteiger partial charge in [-0.25, -0.2) is 0 Å². The number of nitrogens with one attached hydrogen (secondary N) is 2. The van der Waals surface area contributed by atoms with Gasteiger partial charge in [0.05, 0.1) is 6.10 Å². The molecular formula is C22H40IN5O. The molecule has 0 bridgehead atoms. The lowest BCUT2D eigenvalue weighted by molar-refractivity contribution is 0.0646. The van der Waals surface area contributed by atoms with Crippen LogP contribution in [0.5, 0.6) is 0 Å². The number of nitrogens with zero attached hydrogens (tertiary/aromatic N) is 3. The third-order valence-corrected chi connectivity index (χ3v) is 5.52. The number of ether oxygens (including phenoxy) is 1. The molecule has 1 heterocycles. The van der Waals surface area contributed by atoms with E-state index in [0.717, 1.165) is 51.7 Å². The molecule has 29 heavy (non-hydrogen) atoms. The molecule has 1 aliphatic heterocycles. The van der Waals surface area contributed by atoms with Crippen molar-refractivity contribution in [1.29, 1.82) is 0 Å². The molecule has 1 fully saturated rings. The molecule has 0 aliphatic carbocycles. The normalized spacial score (nSPS) is 18.0. The molecular weight excluding hydrogens is 477 g/mol. The first-order valence-electron chi connectivity index (χ1n) is 10.7. The van der Waals surface area contributed by atoms with E-state index >= 15 is 0 Å². The van der Waals surface area contributed by atoms with E-state index in [1.165, 1.54) is 18.7 Å². The minimum atomic E-state index is 0. The van der Waals surface area contributed by atoms with Gasteiger partial charge >= 0.3 is 0 Å². The summed E-state index contributed by atoms with van der Waals surface area (Å²) >= 11 is 0. The number of benzene rings is 1. The Bertz CT molecular complexity index is 564. The zero-order valence-electron chi connectivity index (χ0n) is 18.6. The lowest BCUT2D eigenvalue weighted by Gasteiger charge is -2.37. The number of halogens is 1. The van der Waals surface area contributed by atoms with E-state index in [9.17, 15) is 0 Å². The Kier molecular flexibility index (Phi) is 13.5. The third-order valence-electron chi connectivity index (χ3n) is 5.52. The van der Waals surface area contributed by atoms with E-state index in [1.54, 1.807) is 0 Å². The standard InChI is InChI=1S/C22H39N5O.HI/c1-5-26-13-15-27(16-14-26)19(2)18-25-22(23-4)24-12-9-17-28-20(3)21-10-7-6-8-11-21;/h6-8,10-11,19-20H,5,9,12-18H2,1-4H3,(H2,23,24,25);1H. The fraction of sp³-hybridized carbons (Fsp3) is 0.682. The first-order chi connectivity index (χ1) is 13.6. The van der Waals surface area contributed by atoms with E-state index in [1.807, 2.05) is 13.1 Å². The first-order valence-corrected chi connectivity index (χ1v) is 10.7. The summed E-state index contributed by atoms with van der Waals surface area (Å²) < 4.78 is 5.93. The van der Waals surface area contributed by atoms with Gasteiger partial charge in [-0.1, -0.05) is 37.3 Å². The van der Waals surface area contributed by atoms with E-state index in [0.29, 0.717) is 6.04 Å². The smallest absolute Gasteiger partial charge is 0.191 e. The van der Waals surface area contributed by atoms with Crippen molar-refractivity contribution in [2.75, 3.05) is 59.5 Å². The highest BCUT2D eigenvalue weighted by Gasteiger charge is 2.20. The zero-order valence-corrected chi connectivity index (χ0v) is 20.9. The van der Waals surface area contributed by atoms with Gasteiger partial charge in [0.25, 0.3) is 0 Å². The van der Waals surface area contributed by atoms with Crippen molar-refractivity contribution in [2.24, 2.45) is 4.99 Å². The highest BCUT2D eigenvalue weighted by atomic mass is 127. The van der Waals surface area contributed by atoms with Crippen LogP contribution in [0.2, 0.25) is 0 Å². The lowest BCUT2D eigenvalue weighted by Crippen LogP contribution is -2.53. The molecule has 0 saturated carbocycles. The molecule has 1 aromatic carbocycles. The number of rotatable bonds is 10. The number of piperazine rings is 1. The van der Waals surface area contributed by atoms with Gasteiger partial charge in [0.15, 0.2) is 5.96 Å². The van der Waals surface area contributed by atoms with Gasteiger partial charge in [0, 0.05) is 59.0 Å². The fourth-order valence-corrected chi connectivity index (χ4v) is 3.47. The second-order valence-electron chi connectivity index (χ2n) is 7.48. The van der Waals surface area contributed by atoms with Crippen LogP contribution in [0.25, 0.3) is 0 Å². The average Bonchev–Trinajstić information content (AvgIpc) is 2.75. The summed E-state index contributed by atoms with van der Waals surface area (Å²) in [4.78, 5) is 9.41. The van der Waals surface area contributed by atoms with Gasteiger partial charge < -0.3 is 20.3 Å². The molecule has 0 radical (unpaired) electrons. The van der Waals surface area contributed by atoms with Gasteiger partial charge in [0.2, 0.25) is 0 Å². The maximum Gasteiger partial charge on any atom is 0.191 e. The largest absolute Gasteiger partial charge is 0.374 e. The van der Waals surface area contributed by atoms with Crippen molar-refractivity contribution >= 4 is 29.9 Å². The summed E-state index contributed by atoms with van der Waals surface area (Å²) in [5, 5.41) is 6.85. The molecule has 1 saturated heterocycles. The number of likely N-dealkylation sites (N-methyl/N-ethyl adjacent to an activating group) is 1. The predicted octanol–water partition coefficient (Wildman–Crippen LogP) is 2.96. The van der Waals surface area contributed by atoms with Gasteiger partial charge in [-0.15, -0.1) is 24.0 Å². The Morgan fingerprint density at radius 2 is 1.79 bits per heavy atom. The minimum Gasteiger partial charge on any atom is -0.374 e. The van der Waals surface area contributed by atoms with Gasteiger partial charge in [-0.3, -0.25) is 9.89 Å². The van der Waals surface area contributed by atoms with Crippen molar-refractivity contribution in [1.82, 2.24) is 20.4 Å². The van der Waals surface area contributed by atoms with Crippen LogP contribution in [0.15, 0.2) is 35.3 Å². The fourth-order valence-electron chi connectivity index (χ4n) is 3.47. The summed E-state index contributed by atoms with van der Waals surface area (Å²) in [6, 6.07) is 10.9. The maximum absolute atomic E-state index is 5.93. The summed E-state index contributed by atoms with van der Waals surface area (Å²) in [6.45, 7) is 14.9. The molecule has 0 aromatic heterocycles. The summed E-state index contributed by atoms with van der Waals surface area (Å²) in [5.41, 5.74) is 1.22. The van der Waals surface area contributed by atoms with Crippen molar-refractivity contribution in [3.05, 3.63) is 35.9 Å². The number of guanidine groups is 1. The van der Waals surface area contributed by atoms with E-state index < -0.39 is 0 Å². The second-order valence-corrected chi connectivity index (χ2v) is 7.48. The maximum atomic E-state index is 5.93. The van der Waals surface area contributed by atoms with Crippen molar-refractivity contribution in [3.8, 4) is 0 Å². The Hall–Kier alpha value is -0.900. The quantitative estimate of drug-likeness (QED) is 0.216. The Morgan fingerprint density at radius 1 is 1.10 bits per heavy atom. The van der Waals surface area contributed by atoms with Crippen LogP contribution in [0.1, 0.15) is 38.9 Å². The SMILES string of the molecule is CCN1CCN(C(C)CNC(=NC)NCCCOC(C)c2ccccc2)CC1.I. The Balaban J connectivity index is 0.00000420. The molecule has 0 spiro atoms. The molecule has 1 aromatic rings. The van der Waals surface area contributed by atoms with E-state index in [2.05, 4.69) is 70.5 Å². The third kappa shape index (κ3) is 9.63. The van der Waals surface area contributed by atoms with E-state index in [4.69, 9.17) is 4.74 Å². The number of aliphatic imine (C=N–C) groups is 1. The summed E-state index contributed by atoms with van der Waals surface area (Å²) in [5.74, 6) is 0.871. The number of hydrogen-bond donors (Lipinski definition) is 2. The summed E-state index contributed by atoms with van der Waals surface area (Å²) in [6.07, 6.45) is 1.08. The monoisotopic (exact) mass is 517 g/mol. The molecule has 2 rings (SSSR count). The summed E-state index contributed by atoms with van der Waals surface area (Å²) in [7, 11) is 1.83. The van der Waals surface area contributed by atoms with Crippen LogP contribution in [0, 0.1) is 0 Å². The van der Waals surface area contributed by atoms with Gasteiger partial charge in [0.1, 0.15) is 0 Å². The van der Waals surface area contributed by atoms with Gasteiger partial charge in [-0.05, 0) is 32.4 Å². The van der Waals surface area contributed by atoms with Crippen LogP contribution >= 0.6 is 24.0 Å². The van der Waals surface area contributed by atoms with Crippen LogP contribution in [-0.4, -0.2) is 81.3 Å².